The number of nitrogens with one attached hydrogen (secondary N) is 1. The first kappa shape index (κ1) is 12.4. The second-order valence-electron chi connectivity index (χ2n) is 5.67. The molecule has 0 atom stereocenters. The van der Waals surface area contributed by atoms with Gasteiger partial charge in [-0.25, -0.2) is 0 Å². The molecule has 1 N–H and O–H groups in total. The van der Waals surface area contributed by atoms with Crippen LogP contribution < -0.4 is 5.32 Å². The van der Waals surface area contributed by atoms with Gasteiger partial charge in [-0.3, -0.25) is 4.90 Å². The average Bonchev–Trinajstić information content (AvgIpc) is 2.25. The molecule has 2 fully saturated rings. The Kier molecular flexibility index (Phi) is 4.66. The normalized spacial score (nSPS) is 32.6. The van der Waals surface area contributed by atoms with Gasteiger partial charge in [-0.2, -0.15) is 0 Å². The van der Waals surface area contributed by atoms with Gasteiger partial charge in [0.05, 0.1) is 0 Å². The van der Waals surface area contributed by atoms with Gasteiger partial charge in [0.25, 0.3) is 0 Å². The van der Waals surface area contributed by atoms with Crippen LogP contribution in [0.2, 0.25) is 0 Å². The predicted octanol–water partition coefficient (Wildman–Crippen LogP) is 2.64. The van der Waals surface area contributed by atoms with E-state index in [2.05, 4.69) is 24.1 Å². The summed E-state index contributed by atoms with van der Waals surface area (Å²) in [5.41, 5.74) is 0. The van der Waals surface area contributed by atoms with Gasteiger partial charge in [-0.15, -0.1) is 0 Å². The van der Waals surface area contributed by atoms with E-state index in [1.165, 1.54) is 51.6 Å². The van der Waals surface area contributed by atoms with Gasteiger partial charge in [-0.05, 0) is 44.6 Å². The Morgan fingerprint density at radius 2 is 1.75 bits per heavy atom. The Balaban J connectivity index is 1.63. The lowest BCUT2D eigenvalue weighted by Crippen LogP contribution is -2.53. The fourth-order valence-electron chi connectivity index (χ4n) is 3.43. The van der Waals surface area contributed by atoms with Crippen molar-refractivity contribution in [1.82, 2.24) is 10.2 Å². The molecule has 0 unspecified atom stereocenters. The van der Waals surface area contributed by atoms with Crippen molar-refractivity contribution in [3.63, 3.8) is 0 Å². The predicted molar refractivity (Wildman–Crippen MR) is 69.7 cm³/mol. The molecule has 0 radical (unpaired) electrons. The van der Waals surface area contributed by atoms with Crippen LogP contribution in [0.15, 0.2) is 0 Å². The molecule has 0 aromatic rings. The Bertz CT molecular complexity index is 191. The fraction of sp³-hybridized carbons (Fsp3) is 1.00. The van der Waals surface area contributed by atoms with Crippen LogP contribution in [0.3, 0.4) is 0 Å². The number of likely N-dealkylation sites (tertiary alicyclic amines) is 1. The van der Waals surface area contributed by atoms with E-state index in [0.29, 0.717) is 0 Å². The summed E-state index contributed by atoms with van der Waals surface area (Å²) < 4.78 is 0. The quantitative estimate of drug-likeness (QED) is 0.772. The summed E-state index contributed by atoms with van der Waals surface area (Å²) in [4.78, 5) is 2.74. The Morgan fingerprint density at radius 1 is 1.06 bits per heavy atom. The number of rotatable bonds is 5. The smallest absolute Gasteiger partial charge is 0.00966 e. The van der Waals surface area contributed by atoms with Gasteiger partial charge in [0.2, 0.25) is 0 Å². The lowest BCUT2D eigenvalue weighted by atomic mass is 9.85. The molecule has 0 spiro atoms. The maximum atomic E-state index is 3.59. The van der Waals surface area contributed by atoms with Gasteiger partial charge in [-0.1, -0.05) is 20.3 Å². The molecule has 2 heteroatoms. The summed E-state index contributed by atoms with van der Waals surface area (Å²) in [6.45, 7) is 8.45. The van der Waals surface area contributed by atoms with Crippen molar-refractivity contribution in [2.45, 2.75) is 64.5 Å². The summed E-state index contributed by atoms with van der Waals surface area (Å²) >= 11 is 0. The SMILES string of the molecule is CCCC1CN(C2CCC(NCC)CC2)C1. The Morgan fingerprint density at radius 3 is 2.31 bits per heavy atom. The van der Waals surface area contributed by atoms with E-state index >= 15 is 0 Å². The molecule has 2 rings (SSSR count). The average molecular weight is 224 g/mol. The monoisotopic (exact) mass is 224 g/mol. The third-order valence-corrected chi connectivity index (χ3v) is 4.39. The minimum atomic E-state index is 0.814. The van der Waals surface area contributed by atoms with Crippen LogP contribution >= 0.6 is 0 Å². The minimum Gasteiger partial charge on any atom is -0.314 e. The summed E-state index contributed by atoms with van der Waals surface area (Å²) in [5.74, 6) is 1.02. The highest BCUT2D eigenvalue weighted by molar-refractivity contribution is 4.89. The molecule has 1 aliphatic heterocycles. The number of hydrogen-bond acceptors (Lipinski definition) is 2. The number of hydrogen-bond donors (Lipinski definition) is 1. The van der Waals surface area contributed by atoms with Crippen molar-refractivity contribution in [2.24, 2.45) is 5.92 Å². The summed E-state index contributed by atoms with van der Waals surface area (Å²) in [7, 11) is 0. The van der Waals surface area contributed by atoms with E-state index in [9.17, 15) is 0 Å². The van der Waals surface area contributed by atoms with E-state index in [1.807, 2.05) is 0 Å². The lowest BCUT2D eigenvalue weighted by molar-refractivity contribution is 0.0271. The maximum absolute atomic E-state index is 3.59. The molecule has 2 aliphatic rings. The molecule has 1 heterocycles. The summed E-state index contributed by atoms with van der Waals surface area (Å²) in [6.07, 6.45) is 8.46. The zero-order valence-electron chi connectivity index (χ0n) is 11.0. The third-order valence-electron chi connectivity index (χ3n) is 4.39. The van der Waals surface area contributed by atoms with Gasteiger partial charge in [0.1, 0.15) is 0 Å². The van der Waals surface area contributed by atoms with Gasteiger partial charge < -0.3 is 5.32 Å². The molecule has 1 saturated carbocycles. The summed E-state index contributed by atoms with van der Waals surface area (Å²) in [5, 5.41) is 3.59. The molecule has 2 nitrogen and oxygen atoms in total. The molecule has 0 bridgehead atoms. The van der Waals surface area contributed by atoms with Crippen molar-refractivity contribution in [2.75, 3.05) is 19.6 Å². The second-order valence-corrected chi connectivity index (χ2v) is 5.67. The molecule has 16 heavy (non-hydrogen) atoms. The second kappa shape index (κ2) is 6.02. The van der Waals surface area contributed by atoms with Crippen LogP contribution in [0.1, 0.15) is 52.4 Å². The van der Waals surface area contributed by atoms with E-state index in [4.69, 9.17) is 0 Å². The van der Waals surface area contributed by atoms with Crippen molar-refractivity contribution in [3.05, 3.63) is 0 Å². The highest BCUT2D eigenvalue weighted by atomic mass is 15.2. The molecule has 0 aromatic heterocycles. The Labute approximate surface area is 101 Å². The molecule has 0 aromatic carbocycles. The fourth-order valence-corrected chi connectivity index (χ4v) is 3.43. The van der Waals surface area contributed by atoms with E-state index in [0.717, 1.165) is 24.5 Å². The van der Waals surface area contributed by atoms with Crippen molar-refractivity contribution in [3.8, 4) is 0 Å². The van der Waals surface area contributed by atoms with Gasteiger partial charge in [0.15, 0.2) is 0 Å². The van der Waals surface area contributed by atoms with Crippen molar-refractivity contribution < 1.29 is 0 Å². The molecular weight excluding hydrogens is 196 g/mol. The molecular formula is C14H28N2. The maximum Gasteiger partial charge on any atom is 0.00966 e. The Hall–Kier alpha value is -0.0800. The number of nitrogens with zero attached hydrogens (tertiary/aromatic N) is 1. The van der Waals surface area contributed by atoms with Crippen LogP contribution in [0, 0.1) is 5.92 Å². The molecule has 0 amide bonds. The lowest BCUT2D eigenvalue weighted by Gasteiger charge is -2.47. The zero-order valence-corrected chi connectivity index (χ0v) is 11.0. The standard InChI is InChI=1S/C14H28N2/c1-3-5-12-10-16(11-12)14-8-6-13(7-9-14)15-4-2/h12-15H,3-11H2,1-2H3. The highest BCUT2D eigenvalue weighted by Gasteiger charge is 2.33. The highest BCUT2D eigenvalue weighted by Crippen LogP contribution is 2.30. The molecule has 94 valence electrons. The summed E-state index contributed by atoms with van der Waals surface area (Å²) in [6, 6.07) is 1.73. The minimum absolute atomic E-state index is 0.814. The van der Waals surface area contributed by atoms with Gasteiger partial charge in [0, 0.05) is 25.2 Å². The van der Waals surface area contributed by atoms with Gasteiger partial charge >= 0.3 is 0 Å². The first-order valence-corrected chi connectivity index (χ1v) is 7.30. The van der Waals surface area contributed by atoms with Crippen LogP contribution in [0.25, 0.3) is 0 Å². The van der Waals surface area contributed by atoms with Crippen LogP contribution in [-0.2, 0) is 0 Å². The topological polar surface area (TPSA) is 15.3 Å². The zero-order chi connectivity index (χ0) is 11.4. The van der Waals surface area contributed by atoms with E-state index < -0.39 is 0 Å². The first-order valence-electron chi connectivity index (χ1n) is 7.30. The largest absolute Gasteiger partial charge is 0.314 e. The van der Waals surface area contributed by atoms with Crippen molar-refractivity contribution >= 4 is 0 Å². The van der Waals surface area contributed by atoms with E-state index in [-0.39, 0.29) is 0 Å². The molecule has 1 aliphatic carbocycles. The van der Waals surface area contributed by atoms with Crippen LogP contribution in [0.5, 0.6) is 0 Å². The van der Waals surface area contributed by atoms with Crippen LogP contribution in [-0.4, -0.2) is 36.6 Å². The van der Waals surface area contributed by atoms with Crippen LogP contribution in [0.4, 0.5) is 0 Å². The van der Waals surface area contributed by atoms with Crippen molar-refractivity contribution in [1.29, 1.82) is 0 Å². The molecule has 1 saturated heterocycles. The first-order chi connectivity index (χ1) is 7.83. The third kappa shape index (κ3) is 2.98. The van der Waals surface area contributed by atoms with E-state index in [1.54, 1.807) is 0 Å².